The topological polar surface area (TPSA) is 55.3 Å². The molecular weight excluding hydrogens is 405 g/mol. The number of piperidine rings is 2. The summed E-state index contributed by atoms with van der Waals surface area (Å²) < 4.78 is 19.0. The Balaban J connectivity index is 1.37. The van der Waals surface area contributed by atoms with Gasteiger partial charge in [-0.15, -0.1) is 0 Å². The zero-order chi connectivity index (χ0) is 22.1. The molecule has 6 heteroatoms. The number of aromatic nitrogens is 2. The Labute approximate surface area is 187 Å². The molecule has 1 atom stereocenters. The van der Waals surface area contributed by atoms with Gasteiger partial charge in [0.1, 0.15) is 11.6 Å². The molecule has 2 aliphatic heterocycles. The van der Waals surface area contributed by atoms with Gasteiger partial charge in [0, 0.05) is 36.5 Å². The van der Waals surface area contributed by atoms with Gasteiger partial charge < -0.3 is 9.64 Å². The molecule has 2 bridgehead atoms. The number of ether oxygens (including phenoxy) is 1. The fourth-order valence-electron chi connectivity index (χ4n) is 4.96. The van der Waals surface area contributed by atoms with Crippen LogP contribution >= 0.6 is 0 Å². The summed E-state index contributed by atoms with van der Waals surface area (Å²) in [5, 5.41) is 0. The van der Waals surface area contributed by atoms with Crippen LogP contribution in [-0.2, 0) is 0 Å². The monoisotopic (exact) mass is 431 g/mol. The third-order valence-corrected chi connectivity index (χ3v) is 6.58. The molecule has 5 nitrogen and oxygen atoms in total. The van der Waals surface area contributed by atoms with Crippen molar-refractivity contribution in [2.45, 2.75) is 44.7 Å². The van der Waals surface area contributed by atoms with Gasteiger partial charge in [-0.25, -0.2) is 14.4 Å². The van der Waals surface area contributed by atoms with Crippen molar-refractivity contribution in [3.8, 4) is 17.1 Å². The van der Waals surface area contributed by atoms with Crippen molar-refractivity contribution >= 4 is 5.91 Å². The highest BCUT2D eigenvalue weighted by molar-refractivity contribution is 6.00. The van der Waals surface area contributed by atoms with Gasteiger partial charge in [0.05, 0.1) is 12.2 Å². The minimum Gasteiger partial charge on any atom is -0.494 e. The van der Waals surface area contributed by atoms with Crippen molar-refractivity contribution < 1.29 is 13.9 Å². The van der Waals surface area contributed by atoms with E-state index in [9.17, 15) is 9.18 Å². The number of amides is 1. The number of halogens is 1. The number of carbonyl (C=O) groups is 1. The molecule has 164 valence electrons. The lowest BCUT2D eigenvalue weighted by Crippen LogP contribution is -2.59. The number of rotatable bonds is 6. The van der Waals surface area contributed by atoms with Crippen LogP contribution in [0.3, 0.4) is 0 Å². The summed E-state index contributed by atoms with van der Waals surface area (Å²) in [6.45, 7) is 2.48. The van der Waals surface area contributed by atoms with Crippen LogP contribution in [-0.4, -0.2) is 39.5 Å². The first-order valence-electron chi connectivity index (χ1n) is 11.2. The quantitative estimate of drug-likeness (QED) is 0.548. The molecule has 1 saturated carbocycles. The van der Waals surface area contributed by atoms with E-state index < -0.39 is 0 Å². The average Bonchev–Trinajstić information content (AvgIpc) is 2.80. The maximum atomic E-state index is 13.9. The van der Waals surface area contributed by atoms with Gasteiger partial charge in [-0.05, 0) is 68.5 Å². The highest BCUT2D eigenvalue weighted by Crippen LogP contribution is 2.44. The van der Waals surface area contributed by atoms with E-state index in [0.29, 0.717) is 29.7 Å². The second kappa shape index (κ2) is 8.69. The van der Waals surface area contributed by atoms with Gasteiger partial charge in [0.15, 0.2) is 5.82 Å². The normalized spacial score (nSPS) is 21.7. The summed E-state index contributed by atoms with van der Waals surface area (Å²) in [5.74, 6) is 1.67. The Bertz CT molecular complexity index is 1100. The van der Waals surface area contributed by atoms with Crippen molar-refractivity contribution in [2.24, 2.45) is 5.92 Å². The number of nitrogens with zero attached hydrogens (tertiary/aromatic N) is 3. The molecular formula is C26H26FN3O2. The van der Waals surface area contributed by atoms with Crippen molar-refractivity contribution in [1.82, 2.24) is 14.9 Å². The van der Waals surface area contributed by atoms with Gasteiger partial charge in [-0.1, -0.05) is 17.7 Å². The Kier molecular flexibility index (Phi) is 5.60. The standard InChI is InChI=1S/C26H26FN3O2/c1-17-3-8-23(25-28-10-2-11-29-25)24(13-17)26(31)30-20(14-18-15-21(30)16-18)9-12-32-22-6-4-19(27)5-7-22/h2-8,10-11,13,18,20-21H,9,12,14-16H2,1H3/t18?,20-,21?/m0/s1. The molecule has 0 radical (unpaired) electrons. The summed E-state index contributed by atoms with van der Waals surface area (Å²) in [6, 6.07) is 14.1. The van der Waals surface area contributed by atoms with Crippen molar-refractivity contribution in [3.05, 3.63) is 77.9 Å². The molecule has 0 unspecified atom stereocenters. The van der Waals surface area contributed by atoms with Crippen molar-refractivity contribution in [1.29, 1.82) is 0 Å². The van der Waals surface area contributed by atoms with E-state index in [-0.39, 0.29) is 23.8 Å². The van der Waals surface area contributed by atoms with E-state index in [1.165, 1.54) is 12.1 Å². The summed E-state index contributed by atoms with van der Waals surface area (Å²) in [4.78, 5) is 24.7. The first-order valence-corrected chi connectivity index (χ1v) is 11.2. The SMILES string of the molecule is Cc1ccc(-c2ncccn2)c(C(=O)N2C3CC(C3)C[C@@H]2CCOc2ccc(F)cc2)c1. The molecule has 1 aromatic heterocycles. The number of fused-ring (bicyclic) bond motifs is 2. The highest BCUT2D eigenvalue weighted by atomic mass is 19.1. The first-order chi connectivity index (χ1) is 15.6. The van der Waals surface area contributed by atoms with Gasteiger partial charge in [-0.3, -0.25) is 4.79 Å². The smallest absolute Gasteiger partial charge is 0.255 e. The molecule has 1 amide bonds. The number of hydrogen-bond acceptors (Lipinski definition) is 4. The second-order valence-electron chi connectivity index (χ2n) is 8.81. The van der Waals surface area contributed by atoms with E-state index in [0.717, 1.165) is 36.8 Å². The maximum Gasteiger partial charge on any atom is 0.255 e. The molecule has 0 spiro atoms. The largest absolute Gasteiger partial charge is 0.494 e. The average molecular weight is 432 g/mol. The van der Waals surface area contributed by atoms with Crippen LogP contribution in [0, 0.1) is 18.7 Å². The molecule has 3 fully saturated rings. The van der Waals surface area contributed by atoms with Crippen LogP contribution in [0.4, 0.5) is 4.39 Å². The van der Waals surface area contributed by atoms with E-state index >= 15 is 0 Å². The molecule has 32 heavy (non-hydrogen) atoms. The van der Waals surface area contributed by atoms with Gasteiger partial charge in [-0.2, -0.15) is 0 Å². The predicted octanol–water partition coefficient (Wildman–Crippen LogP) is 5.05. The van der Waals surface area contributed by atoms with E-state index in [4.69, 9.17) is 4.74 Å². The third-order valence-electron chi connectivity index (χ3n) is 6.58. The molecule has 1 aliphatic carbocycles. The molecule has 0 N–H and O–H groups in total. The molecule has 2 aromatic carbocycles. The van der Waals surface area contributed by atoms with Gasteiger partial charge in [0.2, 0.25) is 0 Å². The summed E-state index contributed by atoms with van der Waals surface area (Å²) >= 11 is 0. The Hall–Kier alpha value is -3.28. The summed E-state index contributed by atoms with van der Waals surface area (Å²) in [5.41, 5.74) is 2.46. The van der Waals surface area contributed by atoms with Crippen LogP contribution in [0.2, 0.25) is 0 Å². The summed E-state index contributed by atoms with van der Waals surface area (Å²) in [6.07, 6.45) is 7.29. The molecule has 3 aliphatic rings. The lowest BCUT2D eigenvalue weighted by atomic mass is 9.69. The van der Waals surface area contributed by atoms with E-state index in [1.807, 2.05) is 25.1 Å². The third kappa shape index (κ3) is 4.09. The van der Waals surface area contributed by atoms with Crippen molar-refractivity contribution in [3.63, 3.8) is 0 Å². The fourth-order valence-corrected chi connectivity index (χ4v) is 4.96. The van der Waals surface area contributed by atoms with E-state index in [1.54, 1.807) is 30.6 Å². The predicted molar refractivity (Wildman–Crippen MR) is 120 cm³/mol. The highest BCUT2D eigenvalue weighted by Gasteiger charge is 2.46. The van der Waals surface area contributed by atoms with Crippen LogP contribution in [0.5, 0.6) is 5.75 Å². The minimum atomic E-state index is -0.280. The van der Waals surface area contributed by atoms with Crippen LogP contribution < -0.4 is 4.74 Å². The molecule has 3 heterocycles. The number of hydrogen-bond donors (Lipinski definition) is 0. The lowest BCUT2D eigenvalue weighted by Gasteiger charge is -2.54. The van der Waals surface area contributed by atoms with Gasteiger partial charge >= 0.3 is 0 Å². The summed E-state index contributed by atoms with van der Waals surface area (Å²) in [7, 11) is 0. The molecule has 2 saturated heterocycles. The lowest BCUT2D eigenvalue weighted by molar-refractivity contribution is -0.0232. The van der Waals surface area contributed by atoms with Crippen LogP contribution in [0.1, 0.15) is 41.6 Å². The number of benzene rings is 2. The Morgan fingerprint density at radius 3 is 2.59 bits per heavy atom. The first kappa shape index (κ1) is 20.6. The molecule has 6 rings (SSSR count). The van der Waals surface area contributed by atoms with Crippen molar-refractivity contribution in [2.75, 3.05) is 6.61 Å². The van der Waals surface area contributed by atoms with Crippen LogP contribution in [0.25, 0.3) is 11.4 Å². The minimum absolute atomic E-state index is 0.0473. The van der Waals surface area contributed by atoms with E-state index in [2.05, 4.69) is 14.9 Å². The van der Waals surface area contributed by atoms with Gasteiger partial charge in [0.25, 0.3) is 5.91 Å². The zero-order valence-electron chi connectivity index (χ0n) is 18.1. The number of aryl methyl sites for hydroxylation is 1. The Morgan fingerprint density at radius 1 is 1.09 bits per heavy atom. The Morgan fingerprint density at radius 2 is 1.84 bits per heavy atom. The number of carbonyl (C=O) groups excluding carboxylic acids is 1. The zero-order valence-corrected chi connectivity index (χ0v) is 18.1. The fraction of sp³-hybridized carbons (Fsp3) is 0.346. The molecule has 3 aromatic rings. The second-order valence-corrected chi connectivity index (χ2v) is 8.81. The van der Waals surface area contributed by atoms with Crippen LogP contribution in [0.15, 0.2) is 60.9 Å². The maximum absolute atomic E-state index is 13.9.